The number of furan rings is 1. The Morgan fingerprint density at radius 1 is 1.10 bits per heavy atom. The van der Waals surface area contributed by atoms with Crippen LogP contribution in [0.25, 0.3) is 17.4 Å². The molecule has 7 nitrogen and oxygen atoms in total. The summed E-state index contributed by atoms with van der Waals surface area (Å²) in [6.07, 6.45) is 1.43. The first-order valence-corrected chi connectivity index (χ1v) is 9.80. The third-order valence-corrected chi connectivity index (χ3v) is 5.45. The molecule has 1 fully saturated rings. The van der Waals surface area contributed by atoms with Crippen LogP contribution in [0.15, 0.2) is 63.9 Å². The molecule has 0 unspecified atom stereocenters. The Labute approximate surface area is 179 Å². The van der Waals surface area contributed by atoms with E-state index in [1.54, 1.807) is 12.1 Å². The first-order chi connectivity index (χ1) is 14.8. The summed E-state index contributed by atoms with van der Waals surface area (Å²) in [5.74, 6) is -1.91. The van der Waals surface area contributed by atoms with Crippen LogP contribution in [0.3, 0.4) is 0 Å². The first-order valence-electron chi connectivity index (χ1n) is 8.98. The number of carboxylic acid groups (broad SMARTS) is 1. The van der Waals surface area contributed by atoms with Crippen molar-refractivity contribution in [3.63, 3.8) is 0 Å². The standard InChI is InChI=1S/C22H14FNO6S/c23-14-4-1-12(2-5-14)11-24-20(26)19(31-22(24)29)10-15-6-8-18(30-15)13-3-7-17(25)16(9-13)21(27)28/h1-10,25H,11H2,(H,27,28)/b19-10-. The summed E-state index contributed by atoms with van der Waals surface area (Å²) in [5.41, 5.74) is 0.781. The van der Waals surface area contributed by atoms with Gasteiger partial charge in [0.2, 0.25) is 0 Å². The monoisotopic (exact) mass is 439 g/mol. The number of rotatable bonds is 5. The number of carbonyl (C=O) groups is 3. The number of aromatic carboxylic acids is 1. The van der Waals surface area contributed by atoms with Crippen molar-refractivity contribution in [2.75, 3.05) is 0 Å². The van der Waals surface area contributed by atoms with Gasteiger partial charge < -0.3 is 14.6 Å². The molecule has 0 aliphatic carbocycles. The summed E-state index contributed by atoms with van der Waals surface area (Å²) in [4.78, 5) is 37.3. The zero-order valence-corrected chi connectivity index (χ0v) is 16.6. The molecule has 1 aliphatic rings. The highest BCUT2D eigenvalue weighted by atomic mass is 32.2. The molecule has 1 aromatic heterocycles. The number of aromatic hydroxyl groups is 1. The molecule has 0 saturated carbocycles. The van der Waals surface area contributed by atoms with Crippen molar-refractivity contribution in [1.82, 2.24) is 4.90 Å². The van der Waals surface area contributed by atoms with Crippen molar-refractivity contribution in [2.24, 2.45) is 0 Å². The second kappa shape index (κ2) is 8.11. The van der Waals surface area contributed by atoms with E-state index >= 15 is 0 Å². The highest BCUT2D eigenvalue weighted by Crippen LogP contribution is 2.34. The van der Waals surface area contributed by atoms with Crippen LogP contribution in [0.5, 0.6) is 5.75 Å². The van der Waals surface area contributed by atoms with E-state index < -0.39 is 22.9 Å². The number of imide groups is 1. The molecule has 0 atom stereocenters. The van der Waals surface area contributed by atoms with E-state index in [2.05, 4.69) is 0 Å². The van der Waals surface area contributed by atoms with E-state index in [0.717, 1.165) is 16.7 Å². The quantitative estimate of drug-likeness (QED) is 0.554. The van der Waals surface area contributed by atoms with Crippen LogP contribution in [0.2, 0.25) is 0 Å². The minimum atomic E-state index is -1.28. The number of thioether (sulfide) groups is 1. The van der Waals surface area contributed by atoms with Gasteiger partial charge in [0.25, 0.3) is 11.1 Å². The summed E-state index contributed by atoms with van der Waals surface area (Å²) in [7, 11) is 0. The fourth-order valence-corrected chi connectivity index (χ4v) is 3.80. The van der Waals surface area contributed by atoms with E-state index in [4.69, 9.17) is 9.52 Å². The van der Waals surface area contributed by atoms with Gasteiger partial charge in [-0.05, 0) is 59.8 Å². The van der Waals surface area contributed by atoms with Crippen LogP contribution in [-0.4, -0.2) is 32.2 Å². The molecule has 2 amide bonds. The van der Waals surface area contributed by atoms with Gasteiger partial charge in [-0.25, -0.2) is 9.18 Å². The molecule has 3 aromatic rings. The number of hydrogen-bond acceptors (Lipinski definition) is 6. The number of carbonyl (C=O) groups excluding carboxylic acids is 2. The molecule has 2 aromatic carbocycles. The van der Waals surface area contributed by atoms with Gasteiger partial charge in [0, 0.05) is 11.6 Å². The fourth-order valence-electron chi connectivity index (χ4n) is 2.98. The molecule has 31 heavy (non-hydrogen) atoms. The van der Waals surface area contributed by atoms with Gasteiger partial charge in [-0.15, -0.1) is 0 Å². The van der Waals surface area contributed by atoms with Gasteiger partial charge in [0.1, 0.15) is 28.7 Å². The predicted molar refractivity (Wildman–Crippen MR) is 111 cm³/mol. The van der Waals surface area contributed by atoms with Crippen molar-refractivity contribution >= 4 is 35.0 Å². The molecule has 1 saturated heterocycles. The first kappa shape index (κ1) is 20.4. The SMILES string of the molecule is O=C(O)c1cc(-c2ccc(/C=C3\SC(=O)N(Cc4ccc(F)cc4)C3=O)o2)ccc1O. The predicted octanol–water partition coefficient (Wildman–Crippen LogP) is 4.73. The van der Waals surface area contributed by atoms with Crippen LogP contribution in [0.1, 0.15) is 21.7 Å². The molecule has 2 heterocycles. The van der Waals surface area contributed by atoms with E-state index in [1.165, 1.54) is 48.5 Å². The van der Waals surface area contributed by atoms with E-state index in [1.807, 2.05) is 0 Å². The summed E-state index contributed by atoms with van der Waals surface area (Å²) in [5, 5.41) is 18.3. The maximum atomic E-state index is 13.1. The lowest BCUT2D eigenvalue weighted by molar-refractivity contribution is -0.123. The van der Waals surface area contributed by atoms with Crippen LogP contribution < -0.4 is 0 Å². The van der Waals surface area contributed by atoms with Crippen LogP contribution in [0, 0.1) is 5.82 Å². The number of amides is 2. The van der Waals surface area contributed by atoms with Gasteiger partial charge in [0.15, 0.2) is 0 Å². The molecule has 0 bridgehead atoms. The average Bonchev–Trinajstić information content (AvgIpc) is 3.30. The minimum absolute atomic E-state index is 0.0250. The maximum Gasteiger partial charge on any atom is 0.339 e. The summed E-state index contributed by atoms with van der Waals surface area (Å²) in [6, 6.07) is 12.7. The number of phenols is 1. The fraction of sp³-hybridized carbons (Fsp3) is 0.0455. The molecule has 9 heteroatoms. The minimum Gasteiger partial charge on any atom is -0.507 e. The van der Waals surface area contributed by atoms with Gasteiger partial charge >= 0.3 is 5.97 Å². The molecule has 156 valence electrons. The van der Waals surface area contributed by atoms with Gasteiger partial charge in [-0.1, -0.05) is 12.1 Å². The Morgan fingerprint density at radius 3 is 2.55 bits per heavy atom. The van der Waals surface area contributed by atoms with Gasteiger partial charge in [-0.2, -0.15) is 0 Å². The maximum absolute atomic E-state index is 13.1. The number of benzene rings is 2. The molecular formula is C22H14FNO6S. The highest BCUT2D eigenvalue weighted by Gasteiger charge is 2.35. The third-order valence-electron chi connectivity index (χ3n) is 4.54. The van der Waals surface area contributed by atoms with E-state index in [-0.39, 0.29) is 22.8 Å². The van der Waals surface area contributed by atoms with Crippen LogP contribution in [0.4, 0.5) is 9.18 Å². The summed E-state index contributed by atoms with van der Waals surface area (Å²) < 4.78 is 18.7. The number of nitrogens with zero attached hydrogens (tertiary/aromatic N) is 1. The Hall–Kier alpha value is -3.85. The zero-order valence-electron chi connectivity index (χ0n) is 15.7. The normalized spacial score (nSPS) is 15.1. The van der Waals surface area contributed by atoms with Crippen molar-refractivity contribution in [3.8, 4) is 17.1 Å². The Kier molecular flexibility index (Phi) is 5.35. The van der Waals surface area contributed by atoms with Crippen molar-refractivity contribution in [3.05, 3.63) is 82.2 Å². The zero-order chi connectivity index (χ0) is 22.1. The Bertz CT molecular complexity index is 1230. The second-order valence-electron chi connectivity index (χ2n) is 6.63. The summed E-state index contributed by atoms with van der Waals surface area (Å²) in [6.45, 7) is 0.0250. The van der Waals surface area contributed by atoms with Crippen LogP contribution in [-0.2, 0) is 11.3 Å². The van der Waals surface area contributed by atoms with Crippen molar-refractivity contribution in [2.45, 2.75) is 6.54 Å². The smallest absolute Gasteiger partial charge is 0.339 e. The van der Waals surface area contributed by atoms with Crippen molar-refractivity contribution in [1.29, 1.82) is 0 Å². The van der Waals surface area contributed by atoms with Gasteiger partial charge in [-0.3, -0.25) is 14.5 Å². The van der Waals surface area contributed by atoms with Crippen LogP contribution >= 0.6 is 11.8 Å². The second-order valence-corrected chi connectivity index (χ2v) is 7.63. The number of carboxylic acids is 1. The van der Waals surface area contributed by atoms with E-state index in [9.17, 15) is 23.9 Å². The molecule has 4 rings (SSSR count). The number of halogens is 1. The van der Waals surface area contributed by atoms with Crippen molar-refractivity contribution < 1.29 is 33.4 Å². The molecule has 0 spiro atoms. The largest absolute Gasteiger partial charge is 0.507 e. The molecule has 0 radical (unpaired) electrons. The topological polar surface area (TPSA) is 108 Å². The molecule has 1 aliphatic heterocycles. The summed E-state index contributed by atoms with van der Waals surface area (Å²) >= 11 is 0.766. The number of hydrogen-bond donors (Lipinski definition) is 2. The van der Waals surface area contributed by atoms with E-state index in [0.29, 0.717) is 22.6 Å². The molecule has 2 N–H and O–H groups in total. The lowest BCUT2D eigenvalue weighted by Gasteiger charge is -2.12. The third kappa shape index (κ3) is 4.22. The lowest BCUT2D eigenvalue weighted by atomic mass is 10.1. The Balaban J connectivity index is 1.55. The highest BCUT2D eigenvalue weighted by molar-refractivity contribution is 8.18. The average molecular weight is 439 g/mol. The van der Waals surface area contributed by atoms with Gasteiger partial charge in [0.05, 0.1) is 11.4 Å². The Morgan fingerprint density at radius 2 is 1.84 bits per heavy atom. The molecular weight excluding hydrogens is 425 g/mol. The lowest BCUT2D eigenvalue weighted by Crippen LogP contribution is -2.27.